The lowest BCUT2D eigenvalue weighted by Crippen LogP contribution is -2.52. The van der Waals surface area contributed by atoms with Crippen molar-refractivity contribution < 1.29 is 4.79 Å². The molecule has 94 valence electrons. The second-order valence-electron chi connectivity index (χ2n) is 4.69. The van der Waals surface area contributed by atoms with Crippen LogP contribution in [0, 0.1) is 6.92 Å². The van der Waals surface area contributed by atoms with Gasteiger partial charge in [-0.05, 0) is 20.9 Å². The highest BCUT2D eigenvalue weighted by atomic mass is 16.2. The third-order valence-corrected chi connectivity index (χ3v) is 3.44. The van der Waals surface area contributed by atoms with E-state index >= 15 is 0 Å². The normalized spacial score (nSPS) is 21.8. The van der Waals surface area contributed by atoms with Crippen molar-refractivity contribution in [2.75, 3.05) is 32.4 Å². The lowest BCUT2D eigenvalue weighted by molar-refractivity contribution is 0.0568. The van der Waals surface area contributed by atoms with E-state index in [0.29, 0.717) is 17.4 Å². The van der Waals surface area contributed by atoms with Crippen LogP contribution in [-0.4, -0.2) is 58.6 Å². The summed E-state index contributed by atoms with van der Waals surface area (Å²) >= 11 is 0. The first-order valence-corrected chi connectivity index (χ1v) is 5.80. The maximum Gasteiger partial charge on any atom is 0.276 e. The standard InChI is InChI=1S/C11H19N5O/c1-7-6-16(5-4-15(7)3)11(17)10-9(12)8(2)13-14-10/h7H,4-6,12H2,1-3H3,(H,13,14). The minimum atomic E-state index is -0.0770. The number of aryl methyl sites for hydroxylation is 1. The number of hydrogen-bond acceptors (Lipinski definition) is 4. The van der Waals surface area contributed by atoms with Crippen LogP contribution in [-0.2, 0) is 0 Å². The minimum Gasteiger partial charge on any atom is -0.395 e. The summed E-state index contributed by atoms with van der Waals surface area (Å²) in [5.41, 5.74) is 7.37. The van der Waals surface area contributed by atoms with Crippen molar-refractivity contribution in [3.63, 3.8) is 0 Å². The number of piperazine rings is 1. The van der Waals surface area contributed by atoms with Crippen LogP contribution in [0.1, 0.15) is 23.1 Å². The number of hydrogen-bond donors (Lipinski definition) is 2. The molecule has 17 heavy (non-hydrogen) atoms. The topological polar surface area (TPSA) is 78.2 Å². The SMILES string of the molecule is Cc1[nH]nc(C(=O)N2CCN(C)C(C)C2)c1N. The summed E-state index contributed by atoms with van der Waals surface area (Å²) in [5.74, 6) is -0.0770. The van der Waals surface area contributed by atoms with Gasteiger partial charge in [-0.25, -0.2) is 0 Å². The molecule has 1 aliphatic rings. The van der Waals surface area contributed by atoms with E-state index in [1.807, 2.05) is 11.8 Å². The highest BCUT2D eigenvalue weighted by molar-refractivity contribution is 5.97. The number of nitrogen functional groups attached to an aromatic ring is 1. The number of aromatic nitrogens is 2. The fourth-order valence-electron chi connectivity index (χ4n) is 1.98. The van der Waals surface area contributed by atoms with Crippen LogP contribution in [0.25, 0.3) is 0 Å². The zero-order valence-corrected chi connectivity index (χ0v) is 10.5. The van der Waals surface area contributed by atoms with Crippen molar-refractivity contribution >= 4 is 11.6 Å². The van der Waals surface area contributed by atoms with Gasteiger partial charge in [-0.15, -0.1) is 0 Å². The first-order chi connectivity index (χ1) is 8.00. The van der Waals surface area contributed by atoms with E-state index in [1.165, 1.54) is 0 Å². The van der Waals surface area contributed by atoms with E-state index in [-0.39, 0.29) is 5.91 Å². The van der Waals surface area contributed by atoms with Gasteiger partial charge in [-0.1, -0.05) is 0 Å². The molecule has 0 bridgehead atoms. The molecule has 6 nitrogen and oxygen atoms in total. The zero-order valence-electron chi connectivity index (χ0n) is 10.5. The summed E-state index contributed by atoms with van der Waals surface area (Å²) in [6, 6.07) is 0.369. The third-order valence-electron chi connectivity index (χ3n) is 3.44. The Bertz CT molecular complexity index is 427. The van der Waals surface area contributed by atoms with E-state index in [9.17, 15) is 4.79 Å². The molecule has 1 amide bonds. The lowest BCUT2D eigenvalue weighted by atomic mass is 10.2. The molecule has 0 aromatic carbocycles. The smallest absolute Gasteiger partial charge is 0.276 e. The van der Waals surface area contributed by atoms with Crippen molar-refractivity contribution in [2.45, 2.75) is 19.9 Å². The fraction of sp³-hybridized carbons (Fsp3) is 0.636. The number of carbonyl (C=O) groups is 1. The van der Waals surface area contributed by atoms with Gasteiger partial charge >= 0.3 is 0 Å². The minimum absolute atomic E-state index is 0.0770. The number of carbonyl (C=O) groups excluding carboxylic acids is 1. The number of amides is 1. The highest BCUT2D eigenvalue weighted by Gasteiger charge is 2.27. The van der Waals surface area contributed by atoms with Crippen LogP contribution in [0.15, 0.2) is 0 Å². The van der Waals surface area contributed by atoms with Crippen LogP contribution in [0.4, 0.5) is 5.69 Å². The van der Waals surface area contributed by atoms with Crippen LogP contribution < -0.4 is 5.73 Å². The predicted octanol–water partition coefficient (Wildman–Crippen LogP) is 0.0764. The van der Waals surface area contributed by atoms with Crippen LogP contribution in [0.2, 0.25) is 0 Å². The number of H-pyrrole nitrogens is 1. The Hall–Kier alpha value is -1.56. The van der Waals surface area contributed by atoms with Gasteiger partial charge in [-0.3, -0.25) is 9.89 Å². The highest BCUT2D eigenvalue weighted by Crippen LogP contribution is 2.17. The molecule has 1 aliphatic heterocycles. The van der Waals surface area contributed by atoms with Crippen LogP contribution >= 0.6 is 0 Å². The largest absolute Gasteiger partial charge is 0.395 e. The molecular weight excluding hydrogens is 218 g/mol. The molecular formula is C11H19N5O. The average Bonchev–Trinajstić information content (AvgIpc) is 2.63. The second-order valence-corrected chi connectivity index (χ2v) is 4.69. The Morgan fingerprint density at radius 3 is 2.76 bits per heavy atom. The van der Waals surface area contributed by atoms with Crippen LogP contribution in [0.5, 0.6) is 0 Å². The summed E-state index contributed by atoms with van der Waals surface area (Å²) in [7, 11) is 2.07. The van der Waals surface area contributed by atoms with Crippen molar-refractivity contribution in [1.82, 2.24) is 20.0 Å². The number of likely N-dealkylation sites (N-methyl/N-ethyl adjacent to an activating group) is 1. The molecule has 0 radical (unpaired) electrons. The van der Waals surface area contributed by atoms with E-state index in [2.05, 4.69) is 29.1 Å². The molecule has 3 N–H and O–H groups in total. The van der Waals surface area contributed by atoms with E-state index < -0.39 is 0 Å². The summed E-state index contributed by atoms with van der Waals surface area (Å²) in [5, 5.41) is 6.72. The Balaban J connectivity index is 2.13. The Labute approximate surface area is 101 Å². The van der Waals surface area contributed by atoms with Crippen molar-refractivity contribution in [3.8, 4) is 0 Å². The van der Waals surface area contributed by atoms with Gasteiger partial charge in [0.05, 0.1) is 11.4 Å². The van der Waals surface area contributed by atoms with E-state index in [0.717, 1.165) is 25.3 Å². The molecule has 2 heterocycles. The molecule has 1 atom stereocenters. The van der Waals surface area contributed by atoms with E-state index in [4.69, 9.17) is 5.73 Å². The summed E-state index contributed by atoms with van der Waals surface area (Å²) in [6.07, 6.45) is 0. The Morgan fingerprint density at radius 2 is 2.24 bits per heavy atom. The number of nitrogens with two attached hydrogens (primary N) is 1. The number of anilines is 1. The maximum absolute atomic E-state index is 12.2. The molecule has 1 aromatic rings. The molecule has 2 rings (SSSR count). The molecule has 1 saturated heterocycles. The number of rotatable bonds is 1. The monoisotopic (exact) mass is 237 g/mol. The maximum atomic E-state index is 12.2. The summed E-state index contributed by atoms with van der Waals surface area (Å²) in [6.45, 7) is 6.26. The average molecular weight is 237 g/mol. The van der Waals surface area contributed by atoms with Crippen molar-refractivity contribution in [2.24, 2.45) is 0 Å². The van der Waals surface area contributed by atoms with Gasteiger partial charge in [0, 0.05) is 25.7 Å². The summed E-state index contributed by atoms with van der Waals surface area (Å²) in [4.78, 5) is 16.3. The number of nitrogens with one attached hydrogen (secondary N) is 1. The molecule has 0 saturated carbocycles. The lowest BCUT2D eigenvalue weighted by Gasteiger charge is -2.37. The number of nitrogens with zero attached hydrogens (tertiary/aromatic N) is 3. The fourth-order valence-corrected chi connectivity index (χ4v) is 1.98. The third kappa shape index (κ3) is 2.12. The quantitative estimate of drug-likeness (QED) is 0.725. The van der Waals surface area contributed by atoms with Crippen molar-refractivity contribution in [1.29, 1.82) is 0 Å². The van der Waals surface area contributed by atoms with E-state index in [1.54, 1.807) is 0 Å². The van der Waals surface area contributed by atoms with Gasteiger partial charge in [0.1, 0.15) is 0 Å². The molecule has 6 heteroatoms. The van der Waals surface area contributed by atoms with Gasteiger partial charge in [-0.2, -0.15) is 5.10 Å². The first kappa shape index (κ1) is 11.9. The zero-order chi connectivity index (χ0) is 12.6. The second kappa shape index (κ2) is 4.37. The van der Waals surface area contributed by atoms with Crippen molar-refractivity contribution in [3.05, 3.63) is 11.4 Å². The van der Waals surface area contributed by atoms with Gasteiger partial charge in [0.25, 0.3) is 5.91 Å². The van der Waals surface area contributed by atoms with Crippen LogP contribution in [0.3, 0.4) is 0 Å². The molecule has 1 aromatic heterocycles. The molecule has 1 unspecified atom stereocenters. The first-order valence-electron chi connectivity index (χ1n) is 5.80. The molecule has 0 aliphatic carbocycles. The Morgan fingerprint density at radius 1 is 1.53 bits per heavy atom. The summed E-state index contributed by atoms with van der Waals surface area (Å²) < 4.78 is 0. The molecule has 1 fully saturated rings. The number of aromatic amines is 1. The predicted molar refractivity (Wildman–Crippen MR) is 65.7 cm³/mol. The Kier molecular flexibility index (Phi) is 3.06. The molecule has 0 spiro atoms. The van der Waals surface area contributed by atoms with Gasteiger partial charge in [0.15, 0.2) is 5.69 Å². The van der Waals surface area contributed by atoms with Gasteiger partial charge in [0.2, 0.25) is 0 Å². The van der Waals surface area contributed by atoms with Gasteiger partial charge < -0.3 is 15.5 Å².